The molecule has 6 rings (SSSR count). The summed E-state index contributed by atoms with van der Waals surface area (Å²) in [6.07, 6.45) is 0. The Hall–Kier alpha value is -3.57. The number of aliphatic hydroxyl groups excluding tert-OH is 1. The zero-order valence-corrected chi connectivity index (χ0v) is 24.6. The van der Waals surface area contributed by atoms with Gasteiger partial charge in [0.2, 0.25) is 5.13 Å². The first-order valence-corrected chi connectivity index (χ1v) is 15.0. The van der Waals surface area contributed by atoms with Crippen LogP contribution in [0.1, 0.15) is 28.3 Å². The fourth-order valence-corrected chi connectivity index (χ4v) is 7.00. The Morgan fingerprint density at radius 3 is 2.54 bits per heavy atom. The third-order valence-corrected chi connectivity index (χ3v) is 9.31. The van der Waals surface area contributed by atoms with Gasteiger partial charge < -0.3 is 14.6 Å². The van der Waals surface area contributed by atoms with E-state index in [0.717, 1.165) is 11.1 Å². The zero-order chi connectivity index (χ0) is 28.7. The van der Waals surface area contributed by atoms with Crippen molar-refractivity contribution >= 4 is 68.9 Å². The first-order chi connectivity index (χ1) is 19.8. The number of hydrogen-bond acceptors (Lipinski definition) is 9. The van der Waals surface area contributed by atoms with Crippen molar-refractivity contribution in [3.05, 3.63) is 98.5 Å². The van der Waals surface area contributed by atoms with Gasteiger partial charge in [-0.05, 0) is 48.4 Å². The van der Waals surface area contributed by atoms with Crippen LogP contribution in [-0.4, -0.2) is 40.2 Å². The smallest absolute Gasteiger partial charge is 0.301 e. The Morgan fingerprint density at radius 1 is 1.02 bits per heavy atom. The minimum Gasteiger partial charge on any atom is -0.507 e. The lowest BCUT2D eigenvalue weighted by Gasteiger charge is -2.23. The van der Waals surface area contributed by atoms with Gasteiger partial charge in [-0.3, -0.25) is 14.5 Å². The van der Waals surface area contributed by atoms with Crippen molar-refractivity contribution in [1.29, 1.82) is 0 Å². The highest BCUT2D eigenvalue weighted by Crippen LogP contribution is 2.45. The first-order valence-electron chi connectivity index (χ1n) is 12.5. The summed E-state index contributed by atoms with van der Waals surface area (Å²) in [5, 5.41) is 21.3. The summed E-state index contributed by atoms with van der Waals surface area (Å²) in [4.78, 5) is 28.3. The van der Waals surface area contributed by atoms with E-state index in [2.05, 4.69) is 10.2 Å². The lowest BCUT2D eigenvalue weighted by atomic mass is 9.94. The van der Waals surface area contributed by atoms with Gasteiger partial charge >= 0.3 is 5.91 Å². The molecule has 41 heavy (non-hydrogen) atoms. The second-order valence-corrected chi connectivity index (χ2v) is 12.3. The van der Waals surface area contributed by atoms with Gasteiger partial charge in [0.15, 0.2) is 15.8 Å². The molecule has 2 aliphatic rings. The van der Waals surface area contributed by atoms with Crippen LogP contribution in [0.4, 0.5) is 5.13 Å². The molecule has 0 saturated carbocycles. The predicted molar refractivity (Wildman–Crippen MR) is 159 cm³/mol. The molecule has 4 aromatic rings. The molecule has 0 radical (unpaired) electrons. The average Bonchev–Trinajstić information content (AvgIpc) is 3.54. The topological polar surface area (TPSA) is 102 Å². The summed E-state index contributed by atoms with van der Waals surface area (Å²) in [5.41, 5.74) is 2.81. The number of rotatable bonds is 6. The maximum absolute atomic E-state index is 13.5. The number of halogens is 2. The van der Waals surface area contributed by atoms with Crippen LogP contribution in [-0.2, 0) is 15.3 Å². The third-order valence-electron chi connectivity index (χ3n) is 6.62. The van der Waals surface area contributed by atoms with Crippen molar-refractivity contribution in [3.63, 3.8) is 0 Å². The number of nitrogens with zero attached hydrogens (tertiary/aromatic N) is 3. The molecule has 1 N–H and O–H groups in total. The Morgan fingerprint density at radius 2 is 1.78 bits per heavy atom. The van der Waals surface area contributed by atoms with Crippen molar-refractivity contribution in [2.24, 2.45) is 0 Å². The number of anilines is 1. The Balaban J connectivity index is 1.37. The Bertz CT molecular complexity index is 1710. The lowest BCUT2D eigenvalue weighted by molar-refractivity contribution is -0.132. The van der Waals surface area contributed by atoms with Crippen LogP contribution in [0.5, 0.6) is 11.5 Å². The number of aryl methyl sites for hydroxylation is 1. The molecule has 208 valence electrons. The molecule has 0 aliphatic carbocycles. The largest absolute Gasteiger partial charge is 0.507 e. The molecule has 0 spiro atoms. The van der Waals surface area contributed by atoms with Gasteiger partial charge in [0, 0.05) is 21.4 Å². The number of thioether (sulfide) groups is 1. The van der Waals surface area contributed by atoms with Gasteiger partial charge in [-0.15, -0.1) is 10.2 Å². The SMILES string of the molecule is Cc1ccc(C2/C(=C(\O)c3ccc4c(c3)OCCO4)C(=O)C(=O)N2c2nnc(SCc3ccc(Cl)cc3Cl)s2)cc1. The van der Waals surface area contributed by atoms with E-state index < -0.39 is 17.7 Å². The normalized spacial score (nSPS) is 17.7. The fraction of sp³-hybridized carbons (Fsp3) is 0.172. The van der Waals surface area contributed by atoms with E-state index in [1.54, 1.807) is 30.3 Å². The van der Waals surface area contributed by atoms with Gasteiger partial charge in [0.05, 0.1) is 11.6 Å². The second-order valence-electron chi connectivity index (χ2n) is 9.31. The number of fused-ring (bicyclic) bond motifs is 1. The molecule has 1 aromatic heterocycles. The number of aromatic nitrogens is 2. The quantitative estimate of drug-likeness (QED) is 0.0816. The molecule has 1 atom stereocenters. The molecule has 12 heteroatoms. The van der Waals surface area contributed by atoms with Crippen LogP contribution < -0.4 is 14.4 Å². The van der Waals surface area contributed by atoms with Crippen LogP contribution in [0.2, 0.25) is 10.0 Å². The number of ketones is 1. The third kappa shape index (κ3) is 5.40. The van der Waals surface area contributed by atoms with Gasteiger partial charge in [-0.1, -0.05) is 82.2 Å². The Kier molecular flexibility index (Phi) is 7.65. The average molecular weight is 627 g/mol. The van der Waals surface area contributed by atoms with Gasteiger partial charge in [0.1, 0.15) is 19.0 Å². The number of carbonyl (C=O) groups is 2. The number of ether oxygens (including phenoxy) is 2. The van der Waals surface area contributed by atoms with Crippen molar-refractivity contribution in [3.8, 4) is 11.5 Å². The van der Waals surface area contributed by atoms with E-state index in [1.807, 2.05) is 37.3 Å². The molecule has 1 fully saturated rings. The maximum atomic E-state index is 13.5. The van der Waals surface area contributed by atoms with E-state index in [9.17, 15) is 14.7 Å². The molecule has 1 unspecified atom stereocenters. The summed E-state index contributed by atoms with van der Waals surface area (Å²) in [6, 6.07) is 16.7. The zero-order valence-electron chi connectivity index (χ0n) is 21.5. The van der Waals surface area contributed by atoms with Crippen molar-refractivity contribution < 1.29 is 24.2 Å². The van der Waals surface area contributed by atoms with Crippen LogP contribution in [0.15, 0.2) is 70.6 Å². The van der Waals surface area contributed by atoms with Gasteiger partial charge in [-0.2, -0.15) is 0 Å². The standard InChI is InChI=1S/C29H21Cl2N3O5S2/c1-15-2-4-16(5-3-15)24-23(25(35)17-7-9-21-22(12-17)39-11-10-38-21)26(36)27(37)34(24)28-32-33-29(41-28)40-14-18-6-8-19(30)13-20(18)31/h2-9,12-13,24,35H,10-11,14H2,1H3/b25-23+. The van der Waals surface area contributed by atoms with Crippen LogP contribution in [0.3, 0.4) is 0 Å². The van der Waals surface area contributed by atoms with E-state index in [-0.39, 0.29) is 16.5 Å². The highest BCUT2D eigenvalue weighted by molar-refractivity contribution is 8.00. The number of hydrogen-bond donors (Lipinski definition) is 1. The van der Waals surface area contributed by atoms with Crippen LogP contribution in [0, 0.1) is 6.92 Å². The molecule has 3 aromatic carbocycles. The van der Waals surface area contributed by atoms with Crippen LogP contribution in [0.25, 0.3) is 5.76 Å². The fourth-order valence-electron chi connectivity index (χ4n) is 4.58. The first kappa shape index (κ1) is 27.6. The highest BCUT2D eigenvalue weighted by atomic mass is 35.5. The summed E-state index contributed by atoms with van der Waals surface area (Å²) in [6.45, 7) is 2.73. The van der Waals surface area contributed by atoms with E-state index in [4.69, 9.17) is 32.7 Å². The van der Waals surface area contributed by atoms with E-state index in [1.165, 1.54) is 28.0 Å². The summed E-state index contributed by atoms with van der Waals surface area (Å²) >= 11 is 14.9. The molecular formula is C29H21Cl2N3O5S2. The number of carbonyl (C=O) groups excluding carboxylic acids is 2. The molecule has 1 saturated heterocycles. The molecular weight excluding hydrogens is 605 g/mol. The lowest BCUT2D eigenvalue weighted by Crippen LogP contribution is -2.29. The van der Waals surface area contributed by atoms with Crippen molar-refractivity contribution in [2.75, 3.05) is 18.1 Å². The Labute approximate surface area is 253 Å². The van der Waals surface area contributed by atoms with E-state index in [0.29, 0.717) is 56.0 Å². The minimum atomic E-state index is -0.916. The van der Waals surface area contributed by atoms with Gasteiger partial charge in [-0.25, -0.2) is 0 Å². The molecule has 0 bridgehead atoms. The molecule has 3 heterocycles. The summed E-state index contributed by atoms with van der Waals surface area (Å²) < 4.78 is 11.8. The van der Waals surface area contributed by atoms with Crippen molar-refractivity contribution in [1.82, 2.24) is 10.2 Å². The second kappa shape index (κ2) is 11.4. The number of aliphatic hydroxyl groups is 1. The number of amides is 1. The van der Waals surface area contributed by atoms with Crippen molar-refractivity contribution in [2.45, 2.75) is 23.1 Å². The van der Waals surface area contributed by atoms with Crippen LogP contribution >= 0.6 is 46.3 Å². The molecule has 8 nitrogen and oxygen atoms in total. The maximum Gasteiger partial charge on any atom is 0.301 e. The molecule has 1 amide bonds. The summed E-state index contributed by atoms with van der Waals surface area (Å²) in [5.74, 6) is -0.432. The highest BCUT2D eigenvalue weighted by Gasteiger charge is 2.48. The van der Waals surface area contributed by atoms with E-state index >= 15 is 0 Å². The number of benzene rings is 3. The van der Waals surface area contributed by atoms with Gasteiger partial charge in [0.25, 0.3) is 5.78 Å². The predicted octanol–water partition coefficient (Wildman–Crippen LogP) is 6.84. The monoisotopic (exact) mass is 625 g/mol. The number of Topliss-reactive ketones (excluding diaryl/α,β-unsaturated/α-hetero) is 1. The summed E-state index contributed by atoms with van der Waals surface area (Å²) in [7, 11) is 0. The minimum absolute atomic E-state index is 0.0483. The molecule has 2 aliphatic heterocycles.